The second-order valence-electron chi connectivity index (χ2n) is 5.59. The average molecular weight is 287 g/mol. The van der Waals surface area contributed by atoms with Crippen LogP contribution in [0.1, 0.15) is 42.9 Å². The molecule has 20 heavy (non-hydrogen) atoms. The van der Waals surface area contributed by atoms with Crippen molar-refractivity contribution >= 4 is 11.6 Å². The van der Waals surface area contributed by atoms with Crippen molar-refractivity contribution in [1.29, 1.82) is 0 Å². The van der Waals surface area contributed by atoms with Gasteiger partial charge in [0.05, 0.1) is 0 Å². The standard InChI is InChI=1S/C17H19ClN2/c1-12(13-5-7-19-8-6-13)20-17-10-15(11-17)14-3-2-4-16(18)9-14/h2-9,12,15,17,20H,10-11H2,1H3/t12-,15?,17?/m0/s1. The molecular weight excluding hydrogens is 268 g/mol. The number of hydrogen-bond acceptors (Lipinski definition) is 2. The third-order valence-corrected chi connectivity index (χ3v) is 4.39. The van der Waals surface area contributed by atoms with E-state index in [4.69, 9.17) is 11.6 Å². The van der Waals surface area contributed by atoms with Crippen molar-refractivity contribution in [2.24, 2.45) is 0 Å². The number of pyridine rings is 1. The van der Waals surface area contributed by atoms with E-state index >= 15 is 0 Å². The largest absolute Gasteiger partial charge is 0.307 e. The highest BCUT2D eigenvalue weighted by Crippen LogP contribution is 2.38. The molecule has 2 aromatic rings. The summed E-state index contributed by atoms with van der Waals surface area (Å²) in [5.74, 6) is 0.649. The Morgan fingerprint density at radius 2 is 1.95 bits per heavy atom. The van der Waals surface area contributed by atoms with Crippen molar-refractivity contribution in [2.75, 3.05) is 0 Å². The Morgan fingerprint density at radius 3 is 2.65 bits per heavy atom. The van der Waals surface area contributed by atoms with Crippen molar-refractivity contribution < 1.29 is 0 Å². The maximum absolute atomic E-state index is 6.05. The lowest BCUT2D eigenvalue weighted by Crippen LogP contribution is -2.41. The molecule has 1 aromatic carbocycles. The van der Waals surface area contributed by atoms with Crippen LogP contribution in [0.25, 0.3) is 0 Å². The van der Waals surface area contributed by atoms with E-state index in [1.807, 2.05) is 24.5 Å². The Morgan fingerprint density at radius 1 is 1.20 bits per heavy atom. The van der Waals surface area contributed by atoms with Gasteiger partial charge in [0.15, 0.2) is 0 Å². The van der Waals surface area contributed by atoms with Gasteiger partial charge in [0.25, 0.3) is 0 Å². The van der Waals surface area contributed by atoms with Crippen molar-refractivity contribution in [3.8, 4) is 0 Å². The predicted octanol–water partition coefficient (Wildman–Crippen LogP) is 4.33. The number of aromatic nitrogens is 1. The molecule has 104 valence electrons. The van der Waals surface area contributed by atoms with Crippen LogP contribution in [0.2, 0.25) is 5.02 Å². The van der Waals surface area contributed by atoms with E-state index in [0.29, 0.717) is 18.0 Å². The SMILES string of the molecule is C[C@H](NC1CC(c2cccc(Cl)c2)C1)c1ccncc1. The van der Waals surface area contributed by atoms with Gasteiger partial charge in [0.2, 0.25) is 0 Å². The number of nitrogens with one attached hydrogen (secondary N) is 1. The number of rotatable bonds is 4. The second kappa shape index (κ2) is 5.94. The smallest absolute Gasteiger partial charge is 0.0408 e. The zero-order valence-electron chi connectivity index (χ0n) is 11.6. The molecule has 1 fully saturated rings. The lowest BCUT2D eigenvalue weighted by molar-refractivity contribution is 0.271. The number of benzene rings is 1. The fourth-order valence-corrected chi connectivity index (χ4v) is 3.09. The molecule has 3 rings (SSSR count). The van der Waals surface area contributed by atoms with E-state index in [-0.39, 0.29) is 0 Å². The second-order valence-corrected chi connectivity index (χ2v) is 6.03. The Hall–Kier alpha value is -1.38. The highest BCUT2D eigenvalue weighted by molar-refractivity contribution is 6.30. The first-order valence-corrected chi connectivity index (χ1v) is 7.51. The summed E-state index contributed by atoms with van der Waals surface area (Å²) in [4.78, 5) is 4.06. The van der Waals surface area contributed by atoms with Crippen molar-refractivity contribution in [2.45, 2.75) is 37.8 Å². The van der Waals surface area contributed by atoms with Gasteiger partial charge in [-0.05, 0) is 61.1 Å². The fraction of sp³-hybridized carbons (Fsp3) is 0.353. The lowest BCUT2D eigenvalue weighted by atomic mass is 9.75. The third-order valence-electron chi connectivity index (χ3n) is 4.15. The Balaban J connectivity index is 1.54. The Bertz CT molecular complexity index is 564. The zero-order valence-corrected chi connectivity index (χ0v) is 12.3. The zero-order chi connectivity index (χ0) is 13.9. The minimum Gasteiger partial charge on any atom is -0.307 e. The van der Waals surface area contributed by atoms with Gasteiger partial charge in [-0.25, -0.2) is 0 Å². The van der Waals surface area contributed by atoms with E-state index < -0.39 is 0 Å². The van der Waals surface area contributed by atoms with Crippen LogP contribution in [0.4, 0.5) is 0 Å². The van der Waals surface area contributed by atoms with E-state index in [1.54, 1.807) is 0 Å². The van der Waals surface area contributed by atoms with E-state index in [1.165, 1.54) is 24.0 Å². The topological polar surface area (TPSA) is 24.9 Å². The minimum absolute atomic E-state index is 0.378. The molecule has 0 unspecified atom stereocenters. The summed E-state index contributed by atoms with van der Waals surface area (Å²) in [6.45, 7) is 2.21. The molecule has 3 heteroatoms. The summed E-state index contributed by atoms with van der Waals surface area (Å²) < 4.78 is 0. The first-order valence-electron chi connectivity index (χ1n) is 7.14. The molecule has 2 nitrogen and oxygen atoms in total. The van der Waals surface area contributed by atoms with Gasteiger partial charge in [0, 0.05) is 29.5 Å². The number of nitrogens with zero attached hydrogens (tertiary/aromatic N) is 1. The van der Waals surface area contributed by atoms with Crippen LogP contribution in [0.5, 0.6) is 0 Å². The van der Waals surface area contributed by atoms with Crippen LogP contribution in [-0.2, 0) is 0 Å². The van der Waals surface area contributed by atoms with Gasteiger partial charge in [-0.15, -0.1) is 0 Å². The minimum atomic E-state index is 0.378. The molecule has 1 atom stereocenters. The molecule has 0 amide bonds. The van der Waals surface area contributed by atoms with E-state index in [2.05, 4.69) is 41.5 Å². The first kappa shape index (κ1) is 13.6. The molecule has 0 spiro atoms. The van der Waals surface area contributed by atoms with Gasteiger partial charge in [-0.2, -0.15) is 0 Å². The summed E-state index contributed by atoms with van der Waals surface area (Å²) in [6.07, 6.45) is 6.08. The summed E-state index contributed by atoms with van der Waals surface area (Å²) >= 11 is 6.05. The normalized spacial score (nSPS) is 23.1. The molecule has 1 aromatic heterocycles. The average Bonchev–Trinajstić information content (AvgIpc) is 2.43. The molecule has 1 aliphatic carbocycles. The van der Waals surface area contributed by atoms with Crippen LogP contribution >= 0.6 is 11.6 Å². The summed E-state index contributed by atoms with van der Waals surface area (Å²) in [7, 11) is 0. The van der Waals surface area contributed by atoms with Crippen LogP contribution in [0, 0.1) is 0 Å². The number of hydrogen-bond donors (Lipinski definition) is 1. The molecule has 0 bridgehead atoms. The summed E-state index contributed by atoms with van der Waals surface area (Å²) in [5.41, 5.74) is 2.67. The van der Waals surface area contributed by atoms with Gasteiger partial charge in [0.1, 0.15) is 0 Å². The molecule has 1 saturated carbocycles. The highest BCUT2D eigenvalue weighted by atomic mass is 35.5. The Kier molecular flexibility index (Phi) is 4.04. The van der Waals surface area contributed by atoms with Gasteiger partial charge in [-0.1, -0.05) is 23.7 Å². The maximum Gasteiger partial charge on any atom is 0.0408 e. The quantitative estimate of drug-likeness (QED) is 0.905. The molecule has 0 saturated heterocycles. The molecular formula is C17H19ClN2. The molecule has 0 aliphatic heterocycles. The number of halogens is 1. The first-order chi connectivity index (χ1) is 9.72. The van der Waals surface area contributed by atoms with Crippen molar-refractivity contribution in [1.82, 2.24) is 10.3 Å². The highest BCUT2D eigenvalue weighted by Gasteiger charge is 2.31. The lowest BCUT2D eigenvalue weighted by Gasteiger charge is -2.38. The Labute approximate surface area is 125 Å². The van der Waals surface area contributed by atoms with Gasteiger partial charge in [-0.3, -0.25) is 4.98 Å². The van der Waals surface area contributed by atoms with E-state index in [0.717, 1.165) is 5.02 Å². The van der Waals surface area contributed by atoms with E-state index in [9.17, 15) is 0 Å². The molecule has 0 radical (unpaired) electrons. The summed E-state index contributed by atoms with van der Waals surface area (Å²) in [6, 6.07) is 13.4. The molecule has 1 N–H and O–H groups in total. The predicted molar refractivity (Wildman–Crippen MR) is 83.0 cm³/mol. The van der Waals surface area contributed by atoms with Crippen molar-refractivity contribution in [3.05, 3.63) is 64.9 Å². The monoisotopic (exact) mass is 286 g/mol. The van der Waals surface area contributed by atoms with Crippen LogP contribution < -0.4 is 5.32 Å². The van der Waals surface area contributed by atoms with Crippen LogP contribution in [0.15, 0.2) is 48.8 Å². The third kappa shape index (κ3) is 3.02. The maximum atomic E-state index is 6.05. The van der Waals surface area contributed by atoms with Crippen molar-refractivity contribution in [3.63, 3.8) is 0 Å². The molecule has 1 heterocycles. The van der Waals surface area contributed by atoms with Gasteiger partial charge >= 0.3 is 0 Å². The van der Waals surface area contributed by atoms with Crippen LogP contribution in [-0.4, -0.2) is 11.0 Å². The fourth-order valence-electron chi connectivity index (χ4n) is 2.89. The molecule has 1 aliphatic rings. The summed E-state index contributed by atoms with van der Waals surface area (Å²) in [5, 5.41) is 4.52. The van der Waals surface area contributed by atoms with Crippen LogP contribution in [0.3, 0.4) is 0 Å². The van der Waals surface area contributed by atoms with Gasteiger partial charge < -0.3 is 5.32 Å².